The number of ketones is 1. The van der Waals surface area contributed by atoms with E-state index in [0.29, 0.717) is 45.6 Å². The average molecular weight is 457 g/mol. The molecule has 7 heteroatoms. The number of benzene rings is 2. The van der Waals surface area contributed by atoms with E-state index in [2.05, 4.69) is 0 Å². The number of thioether (sulfide) groups is 1. The summed E-state index contributed by atoms with van der Waals surface area (Å²) < 4.78 is 21.9. The number of aryl methyl sites for hydroxylation is 1. The second-order valence-electron chi connectivity index (χ2n) is 7.23. The van der Waals surface area contributed by atoms with Crippen LogP contribution in [0.1, 0.15) is 22.3 Å². The van der Waals surface area contributed by atoms with Crippen LogP contribution in [0.2, 0.25) is 0 Å². The molecule has 3 rings (SSSR count). The topological polar surface area (TPSA) is 74.2 Å². The van der Waals surface area contributed by atoms with Gasteiger partial charge in [0.15, 0.2) is 17.3 Å². The zero-order valence-corrected chi connectivity index (χ0v) is 19.8. The Hall–Kier alpha value is -2.90. The minimum absolute atomic E-state index is 0.0197. The van der Waals surface area contributed by atoms with Gasteiger partial charge in [0.1, 0.15) is 5.75 Å². The lowest BCUT2D eigenvalue weighted by atomic mass is 9.97. The molecule has 1 N–H and O–H groups in total. The van der Waals surface area contributed by atoms with Crippen molar-refractivity contribution in [1.82, 2.24) is 0 Å². The van der Waals surface area contributed by atoms with E-state index in [0.717, 1.165) is 22.3 Å². The molecule has 1 fully saturated rings. The molecule has 2 aromatic rings. The number of aliphatic hydroxyl groups excluding tert-OH is 1. The van der Waals surface area contributed by atoms with Crippen molar-refractivity contribution in [2.24, 2.45) is 0 Å². The van der Waals surface area contributed by atoms with Crippen molar-refractivity contribution in [2.45, 2.75) is 13.5 Å². The first-order chi connectivity index (χ1) is 15.5. The van der Waals surface area contributed by atoms with E-state index in [4.69, 9.17) is 18.9 Å². The predicted molar refractivity (Wildman–Crippen MR) is 128 cm³/mol. The van der Waals surface area contributed by atoms with Crippen LogP contribution in [0.15, 0.2) is 35.4 Å². The number of methoxy groups -OCH3 is 4. The van der Waals surface area contributed by atoms with Crippen LogP contribution in [0.3, 0.4) is 0 Å². The lowest BCUT2D eigenvalue weighted by Crippen LogP contribution is -2.16. The lowest BCUT2D eigenvalue weighted by Gasteiger charge is -2.19. The molecule has 1 aliphatic rings. The third kappa shape index (κ3) is 4.64. The van der Waals surface area contributed by atoms with Gasteiger partial charge in [-0.2, -0.15) is 11.8 Å². The van der Waals surface area contributed by atoms with Crippen LogP contribution in [0.5, 0.6) is 23.0 Å². The van der Waals surface area contributed by atoms with E-state index in [1.54, 1.807) is 46.3 Å². The molecule has 0 radical (unpaired) electrons. The summed E-state index contributed by atoms with van der Waals surface area (Å²) in [5.74, 6) is 3.33. The SMILES string of the molecule is COc1ccc(/C=C2\CSC/C(=C\c3ccc(C)c(CO)c3OC)C2=O)c(OC)c1OC. The monoisotopic (exact) mass is 456 g/mol. The fourth-order valence-corrected chi connectivity index (χ4v) is 4.70. The molecule has 0 amide bonds. The Balaban J connectivity index is 2.02. The Morgan fingerprint density at radius 2 is 1.41 bits per heavy atom. The maximum absolute atomic E-state index is 13.3. The standard InChI is InChI=1S/C25H28O6S/c1-15-6-7-16(23(29-3)20(15)12-26)10-18-13-32-14-19(22(18)27)11-17-8-9-21(28-2)25(31-5)24(17)30-4/h6-11,26H,12-14H2,1-5H3/b18-10+,19-11+. The molecule has 0 bridgehead atoms. The molecule has 0 unspecified atom stereocenters. The maximum atomic E-state index is 13.3. The van der Waals surface area contributed by atoms with Crippen LogP contribution in [-0.2, 0) is 11.4 Å². The smallest absolute Gasteiger partial charge is 0.203 e. The Labute approximate surface area is 192 Å². The molecule has 32 heavy (non-hydrogen) atoms. The summed E-state index contributed by atoms with van der Waals surface area (Å²) in [6, 6.07) is 7.47. The minimum Gasteiger partial charge on any atom is -0.496 e. The van der Waals surface area contributed by atoms with E-state index in [1.807, 2.05) is 37.3 Å². The molecule has 0 aromatic heterocycles. The number of hydrogen-bond donors (Lipinski definition) is 1. The minimum atomic E-state index is -0.126. The van der Waals surface area contributed by atoms with Gasteiger partial charge in [-0.25, -0.2) is 0 Å². The van der Waals surface area contributed by atoms with Gasteiger partial charge in [0.25, 0.3) is 0 Å². The maximum Gasteiger partial charge on any atom is 0.203 e. The van der Waals surface area contributed by atoms with Crippen LogP contribution >= 0.6 is 11.8 Å². The first-order valence-electron chi connectivity index (χ1n) is 10.1. The van der Waals surface area contributed by atoms with Gasteiger partial charge in [0, 0.05) is 39.3 Å². The molecular weight excluding hydrogens is 428 g/mol. The summed E-state index contributed by atoms with van der Waals surface area (Å²) >= 11 is 1.67. The van der Waals surface area contributed by atoms with Crippen molar-refractivity contribution in [1.29, 1.82) is 0 Å². The highest BCUT2D eigenvalue weighted by atomic mass is 32.2. The summed E-state index contributed by atoms with van der Waals surface area (Å²) in [6.45, 7) is 1.79. The molecule has 0 aliphatic carbocycles. The highest BCUT2D eigenvalue weighted by Gasteiger charge is 2.23. The predicted octanol–water partition coefficient (Wildman–Crippen LogP) is 4.30. The van der Waals surface area contributed by atoms with Crippen molar-refractivity contribution in [2.75, 3.05) is 39.9 Å². The Morgan fingerprint density at radius 1 is 0.844 bits per heavy atom. The number of aliphatic hydroxyl groups is 1. The van der Waals surface area contributed by atoms with Crippen LogP contribution in [0.25, 0.3) is 12.2 Å². The molecule has 1 heterocycles. The second kappa shape index (κ2) is 10.6. The molecule has 0 spiro atoms. The molecule has 2 aromatic carbocycles. The van der Waals surface area contributed by atoms with Gasteiger partial charge in [0.05, 0.1) is 35.0 Å². The third-order valence-electron chi connectivity index (χ3n) is 5.38. The number of rotatable bonds is 7. The molecular formula is C25H28O6S. The largest absolute Gasteiger partial charge is 0.496 e. The van der Waals surface area contributed by atoms with E-state index >= 15 is 0 Å². The zero-order valence-electron chi connectivity index (χ0n) is 19.0. The van der Waals surface area contributed by atoms with Crippen LogP contribution in [0.4, 0.5) is 0 Å². The number of carbonyl (C=O) groups excluding carboxylic acids is 1. The molecule has 6 nitrogen and oxygen atoms in total. The van der Waals surface area contributed by atoms with Gasteiger partial charge in [0.2, 0.25) is 5.75 Å². The van der Waals surface area contributed by atoms with Crippen molar-refractivity contribution < 1.29 is 28.8 Å². The van der Waals surface area contributed by atoms with Crippen molar-refractivity contribution in [3.63, 3.8) is 0 Å². The van der Waals surface area contributed by atoms with Gasteiger partial charge in [-0.3, -0.25) is 4.79 Å². The van der Waals surface area contributed by atoms with E-state index < -0.39 is 0 Å². The number of ether oxygens (including phenoxy) is 4. The van der Waals surface area contributed by atoms with Crippen molar-refractivity contribution >= 4 is 29.7 Å². The summed E-state index contributed by atoms with van der Waals surface area (Å²) in [5.41, 5.74) is 4.53. The first kappa shape index (κ1) is 23.8. The fourth-order valence-electron chi connectivity index (χ4n) is 3.73. The van der Waals surface area contributed by atoms with Gasteiger partial charge in [-0.05, 0) is 36.8 Å². The highest BCUT2D eigenvalue weighted by molar-refractivity contribution is 7.99. The normalized spacial score (nSPS) is 16.4. The highest BCUT2D eigenvalue weighted by Crippen LogP contribution is 2.41. The van der Waals surface area contributed by atoms with Crippen LogP contribution in [-0.4, -0.2) is 50.8 Å². The van der Waals surface area contributed by atoms with Gasteiger partial charge in [-0.1, -0.05) is 12.1 Å². The number of Topliss-reactive ketones (excluding diaryl/α,β-unsaturated/α-hetero) is 1. The first-order valence-corrected chi connectivity index (χ1v) is 11.2. The molecule has 1 aliphatic heterocycles. The van der Waals surface area contributed by atoms with Crippen molar-refractivity contribution in [3.8, 4) is 23.0 Å². The van der Waals surface area contributed by atoms with E-state index in [1.165, 1.54) is 0 Å². The Morgan fingerprint density at radius 3 is 1.94 bits per heavy atom. The van der Waals surface area contributed by atoms with Crippen LogP contribution < -0.4 is 18.9 Å². The number of hydrogen-bond acceptors (Lipinski definition) is 7. The second-order valence-corrected chi connectivity index (χ2v) is 8.21. The quantitative estimate of drug-likeness (QED) is 0.623. The molecule has 0 atom stereocenters. The molecule has 1 saturated heterocycles. The Bertz CT molecular complexity index is 1070. The summed E-state index contributed by atoms with van der Waals surface area (Å²) in [7, 11) is 6.25. The zero-order chi connectivity index (χ0) is 23.3. The summed E-state index contributed by atoms with van der Waals surface area (Å²) in [4.78, 5) is 13.3. The molecule has 0 saturated carbocycles. The average Bonchev–Trinajstić information content (AvgIpc) is 2.81. The fraction of sp³-hybridized carbons (Fsp3) is 0.320. The van der Waals surface area contributed by atoms with E-state index in [-0.39, 0.29) is 12.4 Å². The van der Waals surface area contributed by atoms with Gasteiger partial charge >= 0.3 is 0 Å². The number of carbonyl (C=O) groups is 1. The van der Waals surface area contributed by atoms with Gasteiger partial charge < -0.3 is 24.1 Å². The third-order valence-corrected chi connectivity index (χ3v) is 6.41. The summed E-state index contributed by atoms with van der Waals surface area (Å²) in [5, 5.41) is 9.74. The van der Waals surface area contributed by atoms with Crippen molar-refractivity contribution in [3.05, 3.63) is 57.7 Å². The van der Waals surface area contributed by atoms with Gasteiger partial charge in [-0.15, -0.1) is 0 Å². The molecule has 170 valence electrons. The summed E-state index contributed by atoms with van der Waals surface area (Å²) in [6.07, 6.45) is 3.69. The Kier molecular flexibility index (Phi) is 7.88. The van der Waals surface area contributed by atoms with E-state index in [9.17, 15) is 9.90 Å². The lowest BCUT2D eigenvalue weighted by molar-refractivity contribution is -0.112. The van der Waals surface area contributed by atoms with Crippen LogP contribution in [0, 0.1) is 6.92 Å².